The highest BCUT2D eigenvalue weighted by Gasteiger charge is 2.31. The van der Waals surface area contributed by atoms with Gasteiger partial charge in [0.25, 0.3) is 11.2 Å². The first-order chi connectivity index (χ1) is 14.8. The van der Waals surface area contributed by atoms with Gasteiger partial charge in [-0.15, -0.1) is 0 Å². The fourth-order valence-electron chi connectivity index (χ4n) is 3.66. The van der Waals surface area contributed by atoms with Crippen LogP contribution in [0.5, 0.6) is 0 Å². The van der Waals surface area contributed by atoms with Crippen molar-refractivity contribution in [2.45, 2.75) is 18.4 Å². The molecule has 1 saturated heterocycles. The number of aromatic nitrogens is 2. The van der Waals surface area contributed by atoms with E-state index in [1.165, 1.54) is 26.9 Å². The standard InChI is InChI=1S/C20H21N5O5S/c1-15-5-6-17(25(27)28)13-18(15)31(29,30)23-10-8-22(9-11-23)14-16-12-20(26)24-7-3-2-4-19(24)21-16/h2-7,12-13H,8-11,14H2,1H3. The maximum atomic E-state index is 13.1. The molecule has 0 atom stereocenters. The molecule has 1 fully saturated rings. The van der Waals surface area contributed by atoms with E-state index in [1.54, 1.807) is 25.3 Å². The molecule has 3 aromatic rings. The van der Waals surface area contributed by atoms with Crippen LogP contribution in [0.3, 0.4) is 0 Å². The van der Waals surface area contributed by atoms with E-state index in [2.05, 4.69) is 4.98 Å². The highest BCUT2D eigenvalue weighted by molar-refractivity contribution is 7.89. The zero-order valence-electron chi connectivity index (χ0n) is 16.8. The molecule has 0 unspecified atom stereocenters. The average Bonchev–Trinajstić information content (AvgIpc) is 2.74. The average molecular weight is 443 g/mol. The molecule has 4 rings (SSSR count). The predicted molar refractivity (Wildman–Crippen MR) is 113 cm³/mol. The zero-order chi connectivity index (χ0) is 22.2. The van der Waals surface area contributed by atoms with Crippen LogP contribution in [0.1, 0.15) is 11.3 Å². The molecule has 0 aliphatic carbocycles. The number of aryl methyl sites for hydroxylation is 1. The molecule has 2 aromatic heterocycles. The van der Waals surface area contributed by atoms with E-state index in [1.807, 2.05) is 11.0 Å². The molecule has 0 bridgehead atoms. The highest BCUT2D eigenvalue weighted by Crippen LogP contribution is 2.25. The van der Waals surface area contributed by atoms with Gasteiger partial charge in [-0.1, -0.05) is 12.1 Å². The molecule has 162 valence electrons. The molecule has 31 heavy (non-hydrogen) atoms. The molecule has 10 nitrogen and oxygen atoms in total. The largest absolute Gasteiger partial charge is 0.295 e. The lowest BCUT2D eigenvalue weighted by atomic mass is 10.2. The summed E-state index contributed by atoms with van der Waals surface area (Å²) in [6.07, 6.45) is 1.66. The molecular weight excluding hydrogens is 422 g/mol. The molecule has 0 saturated carbocycles. The van der Waals surface area contributed by atoms with Crippen molar-refractivity contribution in [2.75, 3.05) is 26.2 Å². The van der Waals surface area contributed by atoms with E-state index >= 15 is 0 Å². The van der Waals surface area contributed by atoms with Gasteiger partial charge in [0.05, 0.1) is 15.5 Å². The molecule has 11 heteroatoms. The number of rotatable bonds is 5. The monoisotopic (exact) mass is 443 g/mol. The summed E-state index contributed by atoms with van der Waals surface area (Å²) in [5.41, 5.74) is 1.24. The lowest BCUT2D eigenvalue weighted by Gasteiger charge is -2.34. The number of nitrogens with zero attached hydrogens (tertiary/aromatic N) is 5. The molecule has 0 spiro atoms. The van der Waals surface area contributed by atoms with Crippen molar-refractivity contribution >= 4 is 21.4 Å². The Kier molecular flexibility index (Phi) is 5.56. The SMILES string of the molecule is Cc1ccc([N+](=O)[O-])cc1S(=O)(=O)N1CCN(Cc2cc(=O)n3ccccc3n2)CC1. The van der Waals surface area contributed by atoms with Crippen molar-refractivity contribution in [2.24, 2.45) is 0 Å². The lowest BCUT2D eigenvalue weighted by molar-refractivity contribution is -0.385. The second-order valence-electron chi connectivity index (χ2n) is 7.40. The van der Waals surface area contributed by atoms with Gasteiger partial charge in [-0.05, 0) is 24.6 Å². The van der Waals surface area contributed by atoms with Crippen LogP contribution in [0.2, 0.25) is 0 Å². The van der Waals surface area contributed by atoms with Gasteiger partial charge in [-0.2, -0.15) is 4.31 Å². The van der Waals surface area contributed by atoms with Gasteiger partial charge >= 0.3 is 0 Å². The Labute approximate surface area is 178 Å². The van der Waals surface area contributed by atoms with E-state index in [0.29, 0.717) is 36.5 Å². The predicted octanol–water partition coefficient (Wildman–Crippen LogP) is 1.42. The molecule has 1 aliphatic rings. The minimum absolute atomic E-state index is 0.0423. The molecule has 1 aliphatic heterocycles. The van der Waals surface area contributed by atoms with Crippen molar-refractivity contribution in [3.05, 3.63) is 80.4 Å². The normalized spacial score (nSPS) is 15.9. The van der Waals surface area contributed by atoms with E-state index in [4.69, 9.17) is 0 Å². The van der Waals surface area contributed by atoms with Crippen LogP contribution in [0, 0.1) is 17.0 Å². The zero-order valence-corrected chi connectivity index (χ0v) is 17.7. The number of fused-ring (bicyclic) bond motifs is 1. The van der Waals surface area contributed by atoms with Crippen LogP contribution in [-0.2, 0) is 16.6 Å². The topological polar surface area (TPSA) is 118 Å². The number of pyridine rings is 1. The van der Waals surface area contributed by atoms with Gasteiger partial charge in [0.15, 0.2) is 0 Å². The van der Waals surface area contributed by atoms with Crippen molar-refractivity contribution in [1.82, 2.24) is 18.6 Å². The summed E-state index contributed by atoms with van der Waals surface area (Å²) in [6.45, 7) is 3.47. The second kappa shape index (κ2) is 8.17. The van der Waals surface area contributed by atoms with E-state index in [0.717, 1.165) is 6.07 Å². The van der Waals surface area contributed by atoms with Crippen molar-refractivity contribution in [3.8, 4) is 0 Å². The third-order valence-corrected chi connectivity index (χ3v) is 7.38. The minimum atomic E-state index is -3.85. The first kappa shape index (κ1) is 21.1. The van der Waals surface area contributed by atoms with Crippen molar-refractivity contribution in [3.63, 3.8) is 0 Å². The summed E-state index contributed by atoms with van der Waals surface area (Å²) in [4.78, 5) is 29.2. The highest BCUT2D eigenvalue weighted by atomic mass is 32.2. The Hall–Kier alpha value is -3.15. The Morgan fingerprint density at radius 1 is 1.10 bits per heavy atom. The molecule has 3 heterocycles. The van der Waals surface area contributed by atoms with Gasteiger partial charge < -0.3 is 0 Å². The van der Waals surface area contributed by atoms with Crippen molar-refractivity contribution in [1.29, 1.82) is 0 Å². The number of non-ortho nitro benzene ring substituents is 1. The molecule has 1 aromatic carbocycles. The third-order valence-electron chi connectivity index (χ3n) is 5.34. The summed E-state index contributed by atoms with van der Waals surface area (Å²) in [6, 6.07) is 10.7. The maximum Gasteiger partial charge on any atom is 0.270 e. The Morgan fingerprint density at radius 3 is 2.55 bits per heavy atom. The number of hydrogen-bond donors (Lipinski definition) is 0. The van der Waals surface area contributed by atoms with Crippen LogP contribution in [-0.4, -0.2) is 58.1 Å². The van der Waals surface area contributed by atoms with Crippen LogP contribution in [0.25, 0.3) is 5.65 Å². The molecule has 0 N–H and O–H groups in total. The van der Waals surface area contributed by atoms with Crippen LogP contribution < -0.4 is 5.56 Å². The number of hydrogen-bond acceptors (Lipinski definition) is 7. The van der Waals surface area contributed by atoms with Gasteiger partial charge in [0.2, 0.25) is 10.0 Å². The Balaban J connectivity index is 1.48. The quantitative estimate of drug-likeness (QED) is 0.432. The van der Waals surface area contributed by atoms with Gasteiger partial charge in [-0.25, -0.2) is 13.4 Å². The van der Waals surface area contributed by atoms with E-state index in [9.17, 15) is 23.3 Å². The first-order valence-corrected chi connectivity index (χ1v) is 11.1. The van der Waals surface area contributed by atoms with Crippen molar-refractivity contribution < 1.29 is 13.3 Å². The third kappa shape index (κ3) is 4.20. The summed E-state index contributed by atoms with van der Waals surface area (Å²) in [5, 5.41) is 11.1. The summed E-state index contributed by atoms with van der Waals surface area (Å²) in [7, 11) is -3.85. The van der Waals surface area contributed by atoms with E-state index < -0.39 is 14.9 Å². The van der Waals surface area contributed by atoms with Gasteiger partial charge in [0, 0.05) is 57.1 Å². The first-order valence-electron chi connectivity index (χ1n) is 9.70. The smallest absolute Gasteiger partial charge is 0.270 e. The fourth-order valence-corrected chi connectivity index (χ4v) is 5.33. The van der Waals surface area contributed by atoms with Gasteiger partial charge in [-0.3, -0.25) is 24.2 Å². The summed E-state index contributed by atoms with van der Waals surface area (Å²) in [5.74, 6) is 0. The van der Waals surface area contributed by atoms with Crippen LogP contribution in [0.4, 0.5) is 5.69 Å². The molecule has 0 amide bonds. The second-order valence-corrected chi connectivity index (χ2v) is 9.31. The lowest BCUT2D eigenvalue weighted by Crippen LogP contribution is -2.48. The number of sulfonamides is 1. The van der Waals surface area contributed by atoms with E-state index in [-0.39, 0.29) is 29.2 Å². The Morgan fingerprint density at radius 2 is 1.84 bits per heavy atom. The van der Waals surface area contributed by atoms with Gasteiger partial charge in [0.1, 0.15) is 5.65 Å². The maximum absolute atomic E-state index is 13.1. The molecular formula is C20H21N5O5S. The molecule has 0 radical (unpaired) electrons. The summed E-state index contributed by atoms with van der Waals surface area (Å²) < 4.78 is 28.9. The van der Waals surface area contributed by atoms with Crippen LogP contribution in [0.15, 0.2) is 58.4 Å². The number of benzene rings is 1. The summed E-state index contributed by atoms with van der Waals surface area (Å²) >= 11 is 0. The fraction of sp³-hybridized carbons (Fsp3) is 0.300. The minimum Gasteiger partial charge on any atom is -0.295 e. The number of nitro groups is 1. The van der Waals surface area contributed by atoms with Crippen LogP contribution >= 0.6 is 0 Å². The Bertz CT molecular complexity index is 1310. The number of nitro benzene ring substituents is 1. The number of piperazine rings is 1.